The number of rotatable bonds is 7. The highest BCUT2D eigenvalue weighted by molar-refractivity contribution is 7.18. The lowest BCUT2D eigenvalue weighted by molar-refractivity contribution is -0.384. The summed E-state index contributed by atoms with van der Waals surface area (Å²) in [6, 6.07) is 21.7. The molecule has 0 aliphatic carbocycles. The van der Waals surface area contributed by atoms with E-state index in [0.717, 1.165) is 64.9 Å². The lowest BCUT2D eigenvalue weighted by Gasteiger charge is -2.36. The molecule has 10 heteroatoms. The molecular weight excluding hydrogens is 548 g/mol. The van der Waals surface area contributed by atoms with Crippen LogP contribution in [0.3, 0.4) is 0 Å². The zero-order chi connectivity index (χ0) is 28.8. The number of thiophene rings is 1. The van der Waals surface area contributed by atoms with Crippen LogP contribution in [0.15, 0.2) is 71.5 Å². The van der Waals surface area contributed by atoms with Crippen molar-refractivity contribution in [1.82, 2.24) is 14.5 Å². The average Bonchev–Trinajstić information content (AvgIpc) is 3.58. The topological polar surface area (TPSA) is 87.8 Å². The van der Waals surface area contributed by atoms with E-state index in [4.69, 9.17) is 4.98 Å². The van der Waals surface area contributed by atoms with Crippen LogP contribution in [0, 0.1) is 10.1 Å². The summed E-state index contributed by atoms with van der Waals surface area (Å²) in [5.74, 6) is 0.842. The van der Waals surface area contributed by atoms with Crippen molar-refractivity contribution < 1.29 is 4.92 Å². The average molecular weight is 581 g/mol. The Morgan fingerprint density at radius 3 is 2.43 bits per heavy atom. The Labute approximate surface area is 247 Å². The Balaban J connectivity index is 1.07. The minimum absolute atomic E-state index is 0.0503. The summed E-state index contributed by atoms with van der Waals surface area (Å²) in [6.45, 7) is 8.59. The number of hydrogen-bond acceptors (Lipinski definition) is 8. The second kappa shape index (κ2) is 10.8. The number of non-ortho nitro benzene ring substituents is 1. The maximum Gasteiger partial charge on any atom is 0.269 e. The van der Waals surface area contributed by atoms with Gasteiger partial charge in [-0.25, -0.2) is 4.98 Å². The SMILES string of the molecule is CCc1nc2sc3c(c2c(=O)n1CCN1CCN(c2cccc4ccccc24)CC1)CN(c1ccc([N+](=O)[O-])cc1)C3. The van der Waals surface area contributed by atoms with Gasteiger partial charge in [0.05, 0.1) is 16.9 Å². The molecule has 0 spiro atoms. The second-order valence-corrected chi connectivity index (χ2v) is 12.1. The molecule has 7 rings (SSSR count). The van der Waals surface area contributed by atoms with E-state index in [1.807, 2.05) is 4.57 Å². The fourth-order valence-corrected chi connectivity index (χ4v) is 7.56. The fraction of sp³-hybridized carbons (Fsp3) is 0.312. The second-order valence-electron chi connectivity index (χ2n) is 11.0. The summed E-state index contributed by atoms with van der Waals surface area (Å²) < 4.78 is 1.89. The van der Waals surface area contributed by atoms with Gasteiger partial charge in [-0.2, -0.15) is 0 Å². The largest absolute Gasteiger partial charge is 0.368 e. The molecule has 0 bridgehead atoms. The quantitative estimate of drug-likeness (QED) is 0.188. The number of hydrogen-bond donors (Lipinski definition) is 0. The summed E-state index contributed by atoms with van der Waals surface area (Å²) in [5.41, 5.74) is 3.38. The lowest BCUT2D eigenvalue weighted by atomic mass is 10.1. The van der Waals surface area contributed by atoms with E-state index in [2.05, 4.69) is 64.1 Å². The van der Waals surface area contributed by atoms with E-state index in [9.17, 15) is 14.9 Å². The Kier molecular flexibility index (Phi) is 6.87. The van der Waals surface area contributed by atoms with Crippen LogP contribution in [-0.4, -0.2) is 52.1 Å². The van der Waals surface area contributed by atoms with Gasteiger partial charge >= 0.3 is 0 Å². The third kappa shape index (κ3) is 4.70. The number of piperazine rings is 1. The monoisotopic (exact) mass is 580 g/mol. The predicted octanol–water partition coefficient (Wildman–Crippen LogP) is 5.42. The first-order valence-electron chi connectivity index (χ1n) is 14.5. The molecule has 1 fully saturated rings. The first-order valence-corrected chi connectivity index (χ1v) is 15.3. The van der Waals surface area contributed by atoms with E-state index < -0.39 is 0 Å². The van der Waals surface area contributed by atoms with Crippen molar-refractivity contribution in [2.24, 2.45) is 0 Å². The summed E-state index contributed by atoms with van der Waals surface area (Å²) in [4.78, 5) is 38.6. The normalized spacial score (nSPS) is 15.5. The van der Waals surface area contributed by atoms with Crippen molar-refractivity contribution in [3.05, 3.63) is 103 Å². The molecule has 3 aromatic carbocycles. The molecule has 0 radical (unpaired) electrons. The molecule has 2 aliphatic rings. The van der Waals surface area contributed by atoms with E-state index in [0.29, 0.717) is 26.1 Å². The van der Waals surface area contributed by atoms with Crippen LogP contribution in [-0.2, 0) is 26.1 Å². The maximum absolute atomic E-state index is 13.9. The third-order valence-corrected chi connectivity index (χ3v) is 9.73. The van der Waals surface area contributed by atoms with Crippen LogP contribution >= 0.6 is 11.3 Å². The van der Waals surface area contributed by atoms with Crippen LogP contribution in [0.1, 0.15) is 23.2 Å². The summed E-state index contributed by atoms with van der Waals surface area (Å²) >= 11 is 1.60. The van der Waals surface area contributed by atoms with Crippen LogP contribution in [0.4, 0.5) is 17.1 Å². The van der Waals surface area contributed by atoms with Gasteiger partial charge in [0.15, 0.2) is 0 Å². The van der Waals surface area contributed by atoms with Crippen molar-refractivity contribution in [3.63, 3.8) is 0 Å². The van der Waals surface area contributed by atoms with Crippen molar-refractivity contribution in [1.29, 1.82) is 0 Å². The number of anilines is 2. The van der Waals surface area contributed by atoms with Gasteiger partial charge in [0.25, 0.3) is 11.2 Å². The van der Waals surface area contributed by atoms with Crippen LogP contribution in [0.25, 0.3) is 21.0 Å². The molecule has 1 saturated heterocycles. The molecule has 9 nitrogen and oxygen atoms in total. The van der Waals surface area contributed by atoms with Crippen LogP contribution in [0.5, 0.6) is 0 Å². The Bertz CT molecular complexity index is 1850. The lowest BCUT2D eigenvalue weighted by Crippen LogP contribution is -2.47. The van der Waals surface area contributed by atoms with Gasteiger partial charge in [-0.3, -0.25) is 24.4 Å². The number of nitro groups is 1. The smallest absolute Gasteiger partial charge is 0.269 e. The van der Waals surface area contributed by atoms with E-state index in [1.165, 1.54) is 28.6 Å². The molecule has 2 aromatic heterocycles. The van der Waals surface area contributed by atoms with Gasteiger partial charge in [-0.1, -0.05) is 43.3 Å². The molecule has 0 N–H and O–H groups in total. The number of fused-ring (bicyclic) bond motifs is 4. The Morgan fingerprint density at radius 2 is 1.67 bits per heavy atom. The number of benzene rings is 3. The third-order valence-electron chi connectivity index (χ3n) is 8.62. The Morgan fingerprint density at radius 1 is 0.905 bits per heavy atom. The van der Waals surface area contributed by atoms with Crippen molar-refractivity contribution >= 4 is 49.4 Å². The van der Waals surface area contributed by atoms with E-state index >= 15 is 0 Å². The number of aromatic nitrogens is 2. The molecule has 5 aromatic rings. The van der Waals surface area contributed by atoms with Gasteiger partial charge < -0.3 is 9.80 Å². The molecule has 0 saturated carbocycles. The molecule has 0 unspecified atom stereocenters. The highest BCUT2D eigenvalue weighted by Crippen LogP contribution is 2.38. The number of aryl methyl sites for hydroxylation is 1. The molecule has 214 valence electrons. The van der Waals surface area contributed by atoms with Crippen molar-refractivity contribution in [2.75, 3.05) is 42.5 Å². The minimum atomic E-state index is -0.386. The number of nitrogens with zero attached hydrogens (tertiary/aromatic N) is 6. The van der Waals surface area contributed by atoms with Crippen LogP contribution in [0.2, 0.25) is 0 Å². The number of nitro benzene ring substituents is 1. The molecule has 0 atom stereocenters. The summed E-state index contributed by atoms with van der Waals surface area (Å²) in [7, 11) is 0. The highest BCUT2D eigenvalue weighted by atomic mass is 32.1. The molecule has 4 heterocycles. The van der Waals surface area contributed by atoms with Gasteiger partial charge in [0.2, 0.25) is 0 Å². The summed E-state index contributed by atoms with van der Waals surface area (Å²) in [6.07, 6.45) is 0.706. The van der Waals surface area contributed by atoms with Crippen molar-refractivity contribution in [2.45, 2.75) is 33.0 Å². The maximum atomic E-state index is 13.9. The van der Waals surface area contributed by atoms with Crippen LogP contribution < -0.4 is 15.4 Å². The van der Waals surface area contributed by atoms with Gasteiger partial charge in [0, 0.05) is 91.6 Å². The minimum Gasteiger partial charge on any atom is -0.368 e. The van der Waals surface area contributed by atoms with E-state index in [1.54, 1.807) is 23.5 Å². The van der Waals surface area contributed by atoms with Gasteiger partial charge in [0.1, 0.15) is 10.7 Å². The Hall–Kier alpha value is -4.28. The van der Waals surface area contributed by atoms with Crippen molar-refractivity contribution in [3.8, 4) is 0 Å². The molecule has 42 heavy (non-hydrogen) atoms. The first kappa shape index (κ1) is 26.6. The zero-order valence-electron chi connectivity index (χ0n) is 23.5. The highest BCUT2D eigenvalue weighted by Gasteiger charge is 2.28. The van der Waals surface area contributed by atoms with Gasteiger partial charge in [-0.15, -0.1) is 11.3 Å². The standard InChI is InChI=1S/C32H32N6O3S/c1-2-29-33-31-30(26-20-36(21-28(26)42-31)23-10-12-24(13-11-23)38(40)41)32(39)37(29)19-16-34-14-17-35(18-15-34)27-9-5-7-22-6-3-4-8-25(22)27/h3-13H,2,14-21H2,1H3. The van der Waals surface area contributed by atoms with E-state index in [-0.39, 0.29) is 16.2 Å². The fourth-order valence-electron chi connectivity index (χ4n) is 6.35. The molecular formula is C32H32N6O3S. The first-order chi connectivity index (χ1) is 20.5. The predicted molar refractivity (Wildman–Crippen MR) is 169 cm³/mol. The summed E-state index contributed by atoms with van der Waals surface area (Å²) in [5, 5.41) is 14.3. The zero-order valence-corrected chi connectivity index (χ0v) is 24.3. The molecule has 2 aliphatic heterocycles. The van der Waals surface area contributed by atoms with Gasteiger partial charge in [-0.05, 0) is 23.6 Å². The molecule has 0 amide bonds.